The first-order chi connectivity index (χ1) is 13.3. The smallest absolute Gasteiger partial charge is 0.213 e. The quantitative estimate of drug-likeness (QED) is 0.636. The third-order valence-corrected chi connectivity index (χ3v) is 6.06. The molecule has 0 radical (unpaired) electrons. The van der Waals surface area contributed by atoms with Crippen molar-refractivity contribution < 1.29 is 9.47 Å². The number of nitrogens with one attached hydrogen (secondary N) is 1. The van der Waals surface area contributed by atoms with E-state index in [1.807, 2.05) is 18.3 Å². The number of nitrogens with zero attached hydrogens (tertiary/aromatic N) is 3. The van der Waals surface area contributed by atoms with Gasteiger partial charge in [-0.2, -0.15) is 0 Å². The van der Waals surface area contributed by atoms with Crippen molar-refractivity contribution in [2.45, 2.75) is 58.1 Å². The molecule has 0 aromatic carbocycles. The van der Waals surface area contributed by atoms with Crippen LogP contribution in [-0.2, 0) is 11.3 Å². The van der Waals surface area contributed by atoms with Gasteiger partial charge in [0, 0.05) is 43.9 Å². The number of aliphatic imine (C=N–C) groups is 1. The topological polar surface area (TPSA) is 59.0 Å². The first-order valence-corrected chi connectivity index (χ1v) is 10.5. The first-order valence-electron chi connectivity index (χ1n) is 10.5. The Balaban J connectivity index is 1.40. The van der Waals surface area contributed by atoms with Crippen LogP contribution in [-0.4, -0.2) is 54.8 Å². The molecule has 4 rings (SSSR count). The van der Waals surface area contributed by atoms with Crippen LogP contribution in [0, 0.1) is 5.41 Å². The maximum Gasteiger partial charge on any atom is 0.213 e. The Bertz CT molecular complexity index is 651. The fourth-order valence-electron chi connectivity index (χ4n) is 4.47. The lowest BCUT2D eigenvalue weighted by Gasteiger charge is -2.25. The lowest BCUT2D eigenvalue weighted by atomic mass is 9.87. The zero-order valence-corrected chi connectivity index (χ0v) is 16.5. The van der Waals surface area contributed by atoms with E-state index in [0.29, 0.717) is 18.1 Å². The van der Waals surface area contributed by atoms with Gasteiger partial charge in [0.25, 0.3) is 0 Å². The lowest BCUT2D eigenvalue weighted by molar-refractivity contribution is 0.156. The molecule has 1 saturated carbocycles. The molecular formula is C21H32N4O2. The van der Waals surface area contributed by atoms with Gasteiger partial charge >= 0.3 is 0 Å². The standard InChI is InChI=1S/C21H32N4O2/c1-2-22-20(25-11-8-21(15-25)9-12-26-16-21)24-14-17-7-10-23-19(13-17)27-18-5-3-4-6-18/h7,10,13,18H,2-6,8-9,11-12,14-16H2,1H3,(H,22,24). The number of likely N-dealkylation sites (tertiary alicyclic amines) is 1. The number of hydrogen-bond acceptors (Lipinski definition) is 4. The molecule has 1 unspecified atom stereocenters. The van der Waals surface area contributed by atoms with Crippen LogP contribution in [0.5, 0.6) is 5.88 Å². The molecule has 2 aliphatic heterocycles. The predicted octanol–water partition coefficient (Wildman–Crippen LogP) is 2.98. The molecule has 1 aromatic heterocycles. The Hall–Kier alpha value is -1.82. The summed E-state index contributed by atoms with van der Waals surface area (Å²) in [5.74, 6) is 1.75. The molecule has 2 saturated heterocycles. The van der Waals surface area contributed by atoms with E-state index < -0.39 is 0 Å². The zero-order chi connectivity index (χ0) is 18.5. The van der Waals surface area contributed by atoms with Crippen LogP contribution in [0.4, 0.5) is 0 Å². The van der Waals surface area contributed by atoms with Crippen molar-refractivity contribution in [3.05, 3.63) is 23.9 Å². The molecule has 3 aliphatic rings. The number of guanidine groups is 1. The number of hydrogen-bond donors (Lipinski definition) is 1. The van der Waals surface area contributed by atoms with E-state index in [0.717, 1.165) is 63.1 Å². The summed E-state index contributed by atoms with van der Waals surface area (Å²) in [6.45, 7) is 7.56. The fraction of sp³-hybridized carbons (Fsp3) is 0.714. The highest BCUT2D eigenvalue weighted by Crippen LogP contribution is 2.38. The summed E-state index contributed by atoms with van der Waals surface area (Å²) >= 11 is 0. The molecule has 148 valence electrons. The molecule has 3 fully saturated rings. The van der Waals surface area contributed by atoms with Gasteiger partial charge in [-0.1, -0.05) is 0 Å². The van der Waals surface area contributed by atoms with Crippen molar-refractivity contribution in [3.63, 3.8) is 0 Å². The molecule has 1 aliphatic carbocycles. The first kappa shape index (κ1) is 18.5. The van der Waals surface area contributed by atoms with E-state index in [-0.39, 0.29) is 0 Å². The van der Waals surface area contributed by atoms with Gasteiger partial charge in [0.1, 0.15) is 6.10 Å². The molecule has 6 heteroatoms. The van der Waals surface area contributed by atoms with Gasteiger partial charge in [0.05, 0.1) is 13.2 Å². The minimum absolute atomic E-state index is 0.336. The van der Waals surface area contributed by atoms with E-state index in [1.54, 1.807) is 0 Å². The Kier molecular flexibility index (Phi) is 5.81. The van der Waals surface area contributed by atoms with Crippen LogP contribution in [0.1, 0.15) is 51.0 Å². The molecule has 1 aromatic rings. The van der Waals surface area contributed by atoms with Gasteiger partial charge in [0.2, 0.25) is 5.88 Å². The minimum atomic E-state index is 0.336. The SMILES string of the molecule is CCNC(=NCc1ccnc(OC2CCCC2)c1)N1CCC2(CCOC2)C1. The van der Waals surface area contributed by atoms with Gasteiger partial charge < -0.3 is 19.7 Å². The monoisotopic (exact) mass is 372 g/mol. The summed E-state index contributed by atoms with van der Waals surface area (Å²) in [6, 6.07) is 4.08. The van der Waals surface area contributed by atoms with E-state index >= 15 is 0 Å². The second-order valence-corrected chi connectivity index (χ2v) is 8.17. The average Bonchev–Trinajstić information content (AvgIpc) is 3.43. The van der Waals surface area contributed by atoms with Gasteiger partial charge in [0.15, 0.2) is 5.96 Å². The number of ether oxygens (including phenoxy) is 2. The van der Waals surface area contributed by atoms with Crippen LogP contribution < -0.4 is 10.1 Å². The molecule has 1 spiro atoms. The normalized spacial score (nSPS) is 26.3. The predicted molar refractivity (Wildman–Crippen MR) is 106 cm³/mol. The number of rotatable bonds is 5. The van der Waals surface area contributed by atoms with Crippen molar-refractivity contribution in [3.8, 4) is 5.88 Å². The molecule has 3 heterocycles. The summed E-state index contributed by atoms with van der Waals surface area (Å²) in [5.41, 5.74) is 1.49. The maximum absolute atomic E-state index is 6.03. The second kappa shape index (κ2) is 8.46. The summed E-state index contributed by atoms with van der Waals surface area (Å²) in [5, 5.41) is 3.46. The Morgan fingerprint density at radius 1 is 1.41 bits per heavy atom. The van der Waals surface area contributed by atoms with Crippen LogP contribution >= 0.6 is 0 Å². The van der Waals surface area contributed by atoms with Crippen LogP contribution in [0.15, 0.2) is 23.3 Å². The summed E-state index contributed by atoms with van der Waals surface area (Å²) in [7, 11) is 0. The third-order valence-electron chi connectivity index (χ3n) is 6.06. The lowest BCUT2D eigenvalue weighted by Crippen LogP contribution is -2.41. The number of aromatic nitrogens is 1. The van der Waals surface area contributed by atoms with Gasteiger partial charge in [-0.25, -0.2) is 9.98 Å². The fourth-order valence-corrected chi connectivity index (χ4v) is 4.47. The van der Waals surface area contributed by atoms with Crippen molar-refractivity contribution in [2.75, 3.05) is 32.8 Å². The summed E-state index contributed by atoms with van der Waals surface area (Å²) < 4.78 is 11.7. The molecule has 6 nitrogen and oxygen atoms in total. The second-order valence-electron chi connectivity index (χ2n) is 8.17. The largest absolute Gasteiger partial charge is 0.474 e. The van der Waals surface area contributed by atoms with E-state index in [2.05, 4.69) is 22.1 Å². The minimum Gasteiger partial charge on any atom is -0.474 e. The Morgan fingerprint density at radius 3 is 3.07 bits per heavy atom. The number of pyridine rings is 1. The summed E-state index contributed by atoms with van der Waals surface area (Å²) in [4.78, 5) is 11.7. The molecule has 0 bridgehead atoms. The van der Waals surface area contributed by atoms with Crippen LogP contribution in [0.25, 0.3) is 0 Å². The van der Waals surface area contributed by atoms with E-state index in [1.165, 1.54) is 25.7 Å². The van der Waals surface area contributed by atoms with Crippen LogP contribution in [0.3, 0.4) is 0 Å². The van der Waals surface area contributed by atoms with Gasteiger partial charge in [-0.05, 0) is 57.1 Å². The maximum atomic E-state index is 6.03. The van der Waals surface area contributed by atoms with E-state index in [9.17, 15) is 0 Å². The van der Waals surface area contributed by atoms with Crippen molar-refractivity contribution in [1.29, 1.82) is 0 Å². The highest BCUT2D eigenvalue weighted by Gasteiger charge is 2.42. The molecule has 1 N–H and O–H groups in total. The molecule has 1 atom stereocenters. The van der Waals surface area contributed by atoms with E-state index in [4.69, 9.17) is 14.5 Å². The van der Waals surface area contributed by atoms with Crippen molar-refractivity contribution in [1.82, 2.24) is 15.2 Å². The Labute approximate surface area is 162 Å². The van der Waals surface area contributed by atoms with Gasteiger partial charge in [-0.15, -0.1) is 0 Å². The van der Waals surface area contributed by atoms with Crippen molar-refractivity contribution >= 4 is 5.96 Å². The molecule has 27 heavy (non-hydrogen) atoms. The van der Waals surface area contributed by atoms with Crippen molar-refractivity contribution in [2.24, 2.45) is 10.4 Å². The van der Waals surface area contributed by atoms with Gasteiger partial charge in [-0.3, -0.25) is 0 Å². The molecular weight excluding hydrogens is 340 g/mol. The average molecular weight is 373 g/mol. The molecule has 0 amide bonds. The summed E-state index contributed by atoms with van der Waals surface area (Å²) in [6.07, 6.45) is 9.38. The zero-order valence-electron chi connectivity index (χ0n) is 16.5. The highest BCUT2D eigenvalue weighted by atomic mass is 16.5. The highest BCUT2D eigenvalue weighted by molar-refractivity contribution is 5.80. The Morgan fingerprint density at radius 2 is 2.30 bits per heavy atom. The third kappa shape index (κ3) is 4.54. The van der Waals surface area contributed by atoms with Crippen LogP contribution in [0.2, 0.25) is 0 Å².